The predicted octanol–water partition coefficient (Wildman–Crippen LogP) is 2.66. The first-order chi connectivity index (χ1) is 10.1. The average Bonchev–Trinajstić information content (AvgIpc) is 2.48. The van der Waals surface area contributed by atoms with Crippen molar-refractivity contribution < 1.29 is 9.31 Å². The molecule has 1 heterocycles. The SMILES string of the molecule is N#Cc1nc(NCCc2ccccc2F)ccc1[N+](=O)[O-]. The molecule has 0 amide bonds. The van der Waals surface area contributed by atoms with E-state index in [9.17, 15) is 14.5 Å². The van der Waals surface area contributed by atoms with Crippen LogP contribution in [0.4, 0.5) is 15.9 Å². The quantitative estimate of drug-likeness (QED) is 0.673. The number of benzene rings is 1. The van der Waals surface area contributed by atoms with Gasteiger partial charge in [-0.3, -0.25) is 10.1 Å². The summed E-state index contributed by atoms with van der Waals surface area (Å²) in [6, 6.07) is 10.7. The Labute approximate surface area is 120 Å². The van der Waals surface area contributed by atoms with Crippen molar-refractivity contribution in [1.29, 1.82) is 5.26 Å². The standard InChI is InChI=1S/C14H11FN4O2/c15-11-4-2-1-3-10(11)7-8-17-14-6-5-13(19(20)21)12(9-16)18-14/h1-6H,7-8H2,(H,17,18). The minimum absolute atomic E-state index is 0.254. The van der Waals surface area contributed by atoms with Crippen LogP contribution in [0.5, 0.6) is 0 Å². The van der Waals surface area contributed by atoms with Crippen molar-refractivity contribution in [1.82, 2.24) is 4.98 Å². The molecule has 0 saturated carbocycles. The largest absolute Gasteiger partial charge is 0.370 e. The van der Waals surface area contributed by atoms with E-state index in [2.05, 4.69) is 10.3 Å². The highest BCUT2D eigenvalue weighted by Gasteiger charge is 2.15. The smallest absolute Gasteiger partial charge is 0.305 e. The van der Waals surface area contributed by atoms with Crippen LogP contribution >= 0.6 is 0 Å². The molecular weight excluding hydrogens is 275 g/mol. The summed E-state index contributed by atoms with van der Waals surface area (Å²) < 4.78 is 13.4. The summed E-state index contributed by atoms with van der Waals surface area (Å²) in [5.74, 6) is 0.0576. The molecule has 0 unspecified atom stereocenters. The van der Waals surface area contributed by atoms with Gasteiger partial charge in [-0.05, 0) is 24.1 Å². The van der Waals surface area contributed by atoms with Gasteiger partial charge in [0.25, 0.3) is 0 Å². The van der Waals surface area contributed by atoms with E-state index in [1.807, 2.05) is 0 Å². The summed E-state index contributed by atoms with van der Waals surface area (Å²) in [6.07, 6.45) is 0.438. The number of nitriles is 1. The van der Waals surface area contributed by atoms with E-state index in [-0.39, 0.29) is 17.2 Å². The summed E-state index contributed by atoms with van der Waals surface area (Å²) >= 11 is 0. The molecule has 1 aromatic heterocycles. The Bertz CT molecular complexity index is 712. The predicted molar refractivity (Wildman–Crippen MR) is 74.2 cm³/mol. The zero-order chi connectivity index (χ0) is 15.2. The Kier molecular flexibility index (Phi) is 4.41. The van der Waals surface area contributed by atoms with E-state index < -0.39 is 4.92 Å². The maximum Gasteiger partial charge on any atom is 0.305 e. The fourth-order valence-electron chi connectivity index (χ4n) is 1.81. The van der Waals surface area contributed by atoms with Crippen molar-refractivity contribution in [3.8, 4) is 6.07 Å². The molecule has 0 radical (unpaired) electrons. The number of aromatic nitrogens is 1. The van der Waals surface area contributed by atoms with Gasteiger partial charge < -0.3 is 5.32 Å². The Morgan fingerprint density at radius 3 is 2.76 bits per heavy atom. The zero-order valence-corrected chi connectivity index (χ0v) is 10.9. The highest BCUT2D eigenvalue weighted by molar-refractivity contribution is 5.50. The van der Waals surface area contributed by atoms with Crippen LogP contribution in [0.25, 0.3) is 0 Å². The molecule has 0 spiro atoms. The van der Waals surface area contributed by atoms with Gasteiger partial charge in [0.1, 0.15) is 17.7 Å². The van der Waals surface area contributed by atoms with Crippen LogP contribution in [-0.2, 0) is 6.42 Å². The molecule has 6 nitrogen and oxygen atoms in total. The van der Waals surface area contributed by atoms with Crippen LogP contribution in [0.1, 0.15) is 11.3 Å². The molecule has 7 heteroatoms. The van der Waals surface area contributed by atoms with E-state index in [0.717, 1.165) is 0 Å². The van der Waals surface area contributed by atoms with Gasteiger partial charge in [0, 0.05) is 12.6 Å². The average molecular weight is 286 g/mol. The van der Waals surface area contributed by atoms with Crippen LogP contribution in [0.15, 0.2) is 36.4 Å². The lowest BCUT2D eigenvalue weighted by Gasteiger charge is -2.06. The third-order valence-electron chi connectivity index (χ3n) is 2.83. The minimum Gasteiger partial charge on any atom is -0.370 e. The molecule has 0 aliphatic carbocycles. The van der Waals surface area contributed by atoms with Gasteiger partial charge in [-0.2, -0.15) is 5.26 Å². The van der Waals surface area contributed by atoms with Crippen LogP contribution in [0, 0.1) is 27.3 Å². The first kappa shape index (κ1) is 14.4. The third-order valence-corrected chi connectivity index (χ3v) is 2.83. The molecule has 0 bridgehead atoms. The minimum atomic E-state index is -0.658. The molecule has 0 fully saturated rings. The lowest BCUT2D eigenvalue weighted by Crippen LogP contribution is -2.08. The number of nitrogens with zero attached hydrogens (tertiary/aromatic N) is 3. The van der Waals surface area contributed by atoms with Crippen LogP contribution in [-0.4, -0.2) is 16.5 Å². The molecule has 2 rings (SSSR count). The van der Waals surface area contributed by atoms with E-state index in [4.69, 9.17) is 5.26 Å². The molecule has 0 saturated heterocycles. The summed E-state index contributed by atoms with van der Waals surface area (Å²) in [7, 11) is 0. The second-order valence-corrected chi connectivity index (χ2v) is 4.20. The Balaban J connectivity index is 2.03. The molecule has 0 atom stereocenters. The molecule has 106 valence electrons. The Hall–Kier alpha value is -3.01. The normalized spacial score (nSPS) is 9.90. The number of halogens is 1. The monoisotopic (exact) mass is 286 g/mol. The number of nitro groups is 1. The van der Waals surface area contributed by atoms with Crippen molar-refractivity contribution in [2.24, 2.45) is 0 Å². The maximum atomic E-state index is 13.4. The molecule has 0 aliphatic heterocycles. The van der Waals surface area contributed by atoms with Crippen LogP contribution in [0.2, 0.25) is 0 Å². The van der Waals surface area contributed by atoms with E-state index in [1.165, 1.54) is 18.2 Å². The van der Waals surface area contributed by atoms with Crippen molar-refractivity contribution in [3.63, 3.8) is 0 Å². The Morgan fingerprint density at radius 1 is 1.33 bits per heavy atom. The Morgan fingerprint density at radius 2 is 2.10 bits per heavy atom. The van der Waals surface area contributed by atoms with E-state index in [1.54, 1.807) is 24.3 Å². The fraction of sp³-hybridized carbons (Fsp3) is 0.143. The summed E-state index contributed by atoms with van der Waals surface area (Å²) in [4.78, 5) is 13.9. The summed E-state index contributed by atoms with van der Waals surface area (Å²) in [5, 5.41) is 22.4. The molecule has 0 aliphatic rings. The molecule has 21 heavy (non-hydrogen) atoms. The first-order valence-corrected chi connectivity index (χ1v) is 6.14. The number of rotatable bonds is 5. The number of nitrogens with one attached hydrogen (secondary N) is 1. The van der Waals surface area contributed by atoms with Gasteiger partial charge in [-0.25, -0.2) is 9.37 Å². The molecule has 1 aromatic carbocycles. The van der Waals surface area contributed by atoms with Crippen molar-refractivity contribution in [3.05, 3.63) is 63.6 Å². The second-order valence-electron chi connectivity index (χ2n) is 4.20. The lowest BCUT2D eigenvalue weighted by molar-refractivity contribution is -0.385. The number of anilines is 1. The van der Waals surface area contributed by atoms with Gasteiger partial charge in [-0.15, -0.1) is 0 Å². The van der Waals surface area contributed by atoms with Gasteiger partial charge in [0.2, 0.25) is 5.69 Å². The number of hydrogen-bond acceptors (Lipinski definition) is 5. The third kappa shape index (κ3) is 3.51. The fourth-order valence-corrected chi connectivity index (χ4v) is 1.81. The van der Waals surface area contributed by atoms with Gasteiger partial charge >= 0.3 is 5.69 Å². The first-order valence-electron chi connectivity index (χ1n) is 6.14. The summed E-state index contributed by atoms with van der Waals surface area (Å²) in [5.41, 5.74) is -0.0273. The highest BCUT2D eigenvalue weighted by atomic mass is 19.1. The van der Waals surface area contributed by atoms with Gasteiger partial charge in [0.05, 0.1) is 4.92 Å². The van der Waals surface area contributed by atoms with Crippen molar-refractivity contribution >= 4 is 11.5 Å². The van der Waals surface area contributed by atoms with Gasteiger partial charge in [-0.1, -0.05) is 18.2 Å². The second kappa shape index (κ2) is 6.43. The maximum absolute atomic E-state index is 13.4. The topological polar surface area (TPSA) is 91.8 Å². The molecule has 2 aromatic rings. The number of hydrogen-bond donors (Lipinski definition) is 1. The van der Waals surface area contributed by atoms with Crippen LogP contribution in [0.3, 0.4) is 0 Å². The summed E-state index contributed by atoms with van der Waals surface area (Å²) in [6.45, 7) is 0.399. The van der Waals surface area contributed by atoms with Crippen molar-refractivity contribution in [2.75, 3.05) is 11.9 Å². The zero-order valence-electron chi connectivity index (χ0n) is 10.9. The van der Waals surface area contributed by atoms with Crippen molar-refractivity contribution in [2.45, 2.75) is 6.42 Å². The van der Waals surface area contributed by atoms with Crippen LogP contribution < -0.4 is 5.32 Å². The highest BCUT2D eigenvalue weighted by Crippen LogP contribution is 2.18. The lowest BCUT2D eigenvalue weighted by atomic mass is 10.1. The van der Waals surface area contributed by atoms with E-state index >= 15 is 0 Å². The number of pyridine rings is 1. The molecular formula is C14H11FN4O2. The van der Waals surface area contributed by atoms with Gasteiger partial charge in [0.15, 0.2) is 0 Å². The molecule has 1 N–H and O–H groups in total. The van der Waals surface area contributed by atoms with E-state index in [0.29, 0.717) is 24.3 Å².